The van der Waals surface area contributed by atoms with E-state index in [4.69, 9.17) is 0 Å². The van der Waals surface area contributed by atoms with Crippen molar-refractivity contribution in [3.63, 3.8) is 0 Å². The second kappa shape index (κ2) is 16.7. The Morgan fingerprint density at radius 3 is 2.34 bits per heavy atom. The SMILES string of the molecule is C.CCNC1CC1.COC(=O)C(CNC=O)NC(=O)c1ccc(C#C/C=C/c2ccccc2)cc1. The van der Waals surface area contributed by atoms with Crippen molar-refractivity contribution in [2.75, 3.05) is 20.2 Å². The third-order valence-corrected chi connectivity index (χ3v) is 4.79. The summed E-state index contributed by atoms with van der Waals surface area (Å²) in [5, 5.41) is 8.20. The average molecular weight is 478 g/mol. The van der Waals surface area contributed by atoms with Gasteiger partial charge in [-0.2, -0.15) is 0 Å². The number of hydrogen-bond donors (Lipinski definition) is 3. The zero-order chi connectivity index (χ0) is 24.6. The van der Waals surface area contributed by atoms with Crippen LogP contribution in [-0.4, -0.2) is 50.6 Å². The summed E-state index contributed by atoms with van der Waals surface area (Å²) in [6, 6.07) is 16.4. The van der Waals surface area contributed by atoms with Crippen LogP contribution in [-0.2, 0) is 14.3 Å². The van der Waals surface area contributed by atoms with E-state index in [1.165, 1.54) is 20.0 Å². The molecule has 1 aliphatic rings. The van der Waals surface area contributed by atoms with E-state index in [0.29, 0.717) is 12.0 Å². The molecule has 2 aromatic carbocycles. The van der Waals surface area contributed by atoms with Crippen LogP contribution in [0.15, 0.2) is 60.7 Å². The number of rotatable bonds is 9. The highest BCUT2D eigenvalue weighted by Crippen LogP contribution is 2.17. The van der Waals surface area contributed by atoms with Gasteiger partial charge in [0.15, 0.2) is 0 Å². The number of carbonyl (C=O) groups is 3. The standard InChI is InChI=1S/C22H20N2O4.C5H11N.CH4/c1-28-22(27)20(15-23-16-25)24-21(26)19-13-11-18(12-14-19)10-6-5-9-17-7-3-2-4-8-17;1-2-6-5-3-4-5;/h2-5,7-9,11-14,16,20H,15H2,1H3,(H,23,25)(H,24,26);5-6H,2-4H2,1H3;1H4/b9-5+;;. The van der Waals surface area contributed by atoms with Crippen LogP contribution < -0.4 is 16.0 Å². The Labute approximate surface area is 208 Å². The Hall–Kier alpha value is -3.89. The smallest absolute Gasteiger partial charge is 0.330 e. The number of benzene rings is 2. The Kier molecular flexibility index (Phi) is 13.9. The molecule has 0 aromatic heterocycles. The molecular weight excluding hydrogens is 442 g/mol. The van der Waals surface area contributed by atoms with Crippen LogP contribution in [0.1, 0.15) is 48.7 Å². The van der Waals surface area contributed by atoms with Gasteiger partial charge >= 0.3 is 5.97 Å². The number of nitrogens with one attached hydrogen (secondary N) is 3. The maximum atomic E-state index is 12.3. The molecule has 35 heavy (non-hydrogen) atoms. The maximum absolute atomic E-state index is 12.3. The predicted molar refractivity (Wildman–Crippen MR) is 140 cm³/mol. The van der Waals surface area contributed by atoms with Crippen molar-refractivity contribution < 1.29 is 19.1 Å². The molecule has 1 saturated carbocycles. The van der Waals surface area contributed by atoms with Crippen LogP contribution >= 0.6 is 0 Å². The molecule has 1 atom stereocenters. The van der Waals surface area contributed by atoms with Gasteiger partial charge in [-0.05, 0) is 61.4 Å². The Morgan fingerprint density at radius 1 is 1.11 bits per heavy atom. The number of esters is 1. The highest BCUT2D eigenvalue weighted by Gasteiger charge is 2.21. The summed E-state index contributed by atoms with van der Waals surface area (Å²) in [7, 11) is 1.21. The van der Waals surface area contributed by atoms with Crippen molar-refractivity contribution in [1.82, 2.24) is 16.0 Å². The third kappa shape index (κ3) is 11.7. The molecule has 0 aliphatic heterocycles. The lowest BCUT2D eigenvalue weighted by atomic mass is 10.1. The molecule has 1 aliphatic carbocycles. The molecule has 7 heteroatoms. The summed E-state index contributed by atoms with van der Waals surface area (Å²) in [5.41, 5.74) is 2.18. The molecule has 0 bridgehead atoms. The Balaban J connectivity index is 0.000000761. The van der Waals surface area contributed by atoms with Crippen LogP contribution in [0.3, 0.4) is 0 Å². The summed E-state index contributed by atoms with van der Waals surface area (Å²) in [4.78, 5) is 34.4. The lowest BCUT2D eigenvalue weighted by Crippen LogP contribution is -2.47. The average Bonchev–Trinajstić information content (AvgIpc) is 3.69. The molecule has 186 valence electrons. The molecular formula is C28H35N3O4. The second-order valence-electron chi connectivity index (χ2n) is 7.50. The van der Waals surface area contributed by atoms with Crippen molar-refractivity contribution in [1.29, 1.82) is 0 Å². The topological polar surface area (TPSA) is 96.5 Å². The molecule has 2 amide bonds. The van der Waals surface area contributed by atoms with Crippen molar-refractivity contribution in [3.8, 4) is 11.8 Å². The second-order valence-corrected chi connectivity index (χ2v) is 7.50. The Morgan fingerprint density at radius 2 is 1.80 bits per heavy atom. The highest BCUT2D eigenvalue weighted by atomic mass is 16.5. The van der Waals surface area contributed by atoms with E-state index >= 15 is 0 Å². The minimum Gasteiger partial charge on any atom is -0.467 e. The normalized spacial score (nSPS) is 12.5. The largest absolute Gasteiger partial charge is 0.467 e. The van der Waals surface area contributed by atoms with Gasteiger partial charge in [-0.1, -0.05) is 56.5 Å². The monoisotopic (exact) mass is 477 g/mol. The van der Waals surface area contributed by atoms with E-state index in [9.17, 15) is 14.4 Å². The number of ether oxygens (including phenoxy) is 1. The summed E-state index contributed by atoms with van der Waals surface area (Å²) in [6.45, 7) is 3.24. The lowest BCUT2D eigenvalue weighted by Gasteiger charge is -2.15. The number of amides is 2. The van der Waals surface area contributed by atoms with Gasteiger partial charge in [0, 0.05) is 23.7 Å². The first kappa shape index (κ1) is 29.1. The van der Waals surface area contributed by atoms with Crippen molar-refractivity contribution in [2.45, 2.75) is 39.3 Å². The van der Waals surface area contributed by atoms with E-state index in [2.05, 4.69) is 39.5 Å². The zero-order valence-electron chi connectivity index (χ0n) is 19.5. The molecule has 0 spiro atoms. The van der Waals surface area contributed by atoms with Crippen molar-refractivity contribution >= 4 is 24.4 Å². The van der Waals surface area contributed by atoms with Gasteiger partial charge in [0.25, 0.3) is 5.91 Å². The Bertz CT molecular complexity index is 1000. The predicted octanol–water partition coefficient (Wildman–Crippen LogP) is 3.16. The summed E-state index contributed by atoms with van der Waals surface area (Å²) >= 11 is 0. The minimum absolute atomic E-state index is 0. The fourth-order valence-corrected chi connectivity index (χ4v) is 2.85. The number of carbonyl (C=O) groups excluding carboxylic acids is 3. The fourth-order valence-electron chi connectivity index (χ4n) is 2.85. The molecule has 0 radical (unpaired) electrons. The first-order valence-electron chi connectivity index (χ1n) is 11.2. The van der Waals surface area contributed by atoms with Crippen LogP contribution in [0.2, 0.25) is 0 Å². The van der Waals surface area contributed by atoms with Crippen LogP contribution in [0.25, 0.3) is 6.08 Å². The summed E-state index contributed by atoms with van der Waals surface area (Å²) < 4.78 is 4.62. The van der Waals surface area contributed by atoms with E-state index in [1.807, 2.05) is 36.4 Å². The quantitative estimate of drug-likeness (QED) is 0.293. The first-order chi connectivity index (χ1) is 16.6. The number of hydrogen-bond acceptors (Lipinski definition) is 5. The molecule has 1 fully saturated rings. The van der Waals surface area contributed by atoms with Gasteiger partial charge in [0.2, 0.25) is 6.41 Å². The molecule has 3 rings (SSSR count). The van der Waals surface area contributed by atoms with E-state index in [0.717, 1.165) is 23.7 Å². The zero-order valence-corrected chi connectivity index (χ0v) is 19.5. The van der Waals surface area contributed by atoms with Gasteiger partial charge in [0.1, 0.15) is 6.04 Å². The molecule has 0 saturated heterocycles. The molecule has 3 N–H and O–H groups in total. The van der Waals surface area contributed by atoms with E-state index in [-0.39, 0.29) is 14.0 Å². The fraction of sp³-hybridized carbons (Fsp3) is 0.321. The molecule has 7 nitrogen and oxygen atoms in total. The summed E-state index contributed by atoms with van der Waals surface area (Å²) in [5.74, 6) is 4.83. The van der Waals surface area contributed by atoms with Crippen molar-refractivity contribution in [3.05, 3.63) is 77.4 Å². The molecule has 0 heterocycles. The molecule has 2 aromatic rings. The summed E-state index contributed by atoms with van der Waals surface area (Å²) in [6.07, 6.45) is 6.94. The van der Waals surface area contributed by atoms with Gasteiger partial charge in [-0.3, -0.25) is 9.59 Å². The lowest BCUT2D eigenvalue weighted by molar-refractivity contribution is -0.142. The van der Waals surface area contributed by atoms with Gasteiger partial charge < -0.3 is 20.7 Å². The molecule has 1 unspecified atom stereocenters. The number of allylic oxidation sites excluding steroid dienone is 1. The maximum Gasteiger partial charge on any atom is 0.330 e. The van der Waals surface area contributed by atoms with Gasteiger partial charge in [0.05, 0.1) is 7.11 Å². The minimum atomic E-state index is -0.967. The van der Waals surface area contributed by atoms with Gasteiger partial charge in [-0.15, -0.1) is 0 Å². The van der Waals surface area contributed by atoms with Crippen LogP contribution in [0.5, 0.6) is 0 Å². The first-order valence-corrected chi connectivity index (χ1v) is 11.2. The third-order valence-electron chi connectivity index (χ3n) is 4.79. The van der Waals surface area contributed by atoms with E-state index < -0.39 is 17.9 Å². The van der Waals surface area contributed by atoms with Crippen LogP contribution in [0, 0.1) is 11.8 Å². The van der Waals surface area contributed by atoms with E-state index in [1.54, 1.807) is 30.3 Å². The van der Waals surface area contributed by atoms with Crippen LogP contribution in [0.4, 0.5) is 0 Å². The highest BCUT2D eigenvalue weighted by molar-refractivity contribution is 5.97. The van der Waals surface area contributed by atoms with Gasteiger partial charge in [-0.25, -0.2) is 4.79 Å². The van der Waals surface area contributed by atoms with Crippen molar-refractivity contribution in [2.24, 2.45) is 0 Å². The number of methoxy groups -OCH3 is 1.